The third-order valence-electron chi connectivity index (χ3n) is 2.93. The van der Waals surface area contributed by atoms with Gasteiger partial charge in [-0.25, -0.2) is 4.98 Å². The molecule has 2 rings (SSSR count). The lowest BCUT2D eigenvalue weighted by molar-refractivity contribution is -0.116. The fourth-order valence-corrected chi connectivity index (χ4v) is 2.54. The van der Waals surface area contributed by atoms with E-state index in [1.54, 1.807) is 0 Å². The largest absolute Gasteiger partial charge is 0.354 e. The first-order chi connectivity index (χ1) is 8.56. The van der Waals surface area contributed by atoms with Crippen LogP contribution in [0.15, 0.2) is 18.3 Å². The molecule has 4 nitrogen and oxygen atoms in total. The molecule has 1 amide bonds. The van der Waals surface area contributed by atoms with Gasteiger partial charge in [0.25, 0.3) is 0 Å². The van der Waals surface area contributed by atoms with Gasteiger partial charge >= 0.3 is 0 Å². The highest BCUT2D eigenvalue weighted by molar-refractivity contribution is 7.15. The molecule has 2 heterocycles. The molecule has 0 unspecified atom stereocenters. The second-order valence-corrected chi connectivity index (χ2v) is 5.52. The smallest absolute Gasteiger partial charge is 0.226 e. The van der Waals surface area contributed by atoms with Crippen molar-refractivity contribution in [3.8, 4) is 0 Å². The average molecular weight is 263 g/mol. The first-order valence-corrected chi connectivity index (χ1v) is 6.72. The van der Waals surface area contributed by atoms with Crippen LogP contribution in [0.1, 0.15) is 22.7 Å². The number of aryl methyl sites for hydroxylation is 4. The zero-order valence-electron chi connectivity index (χ0n) is 10.9. The summed E-state index contributed by atoms with van der Waals surface area (Å²) in [7, 11) is 1.99. The molecule has 0 spiro atoms. The van der Waals surface area contributed by atoms with Gasteiger partial charge < -0.3 is 9.88 Å². The van der Waals surface area contributed by atoms with Crippen molar-refractivity contribution < 1.29 is 4.79 Å². The third-order valence-corrected chi connectivity index (χ3v) is 3.92. The maximum Gasteiger partial charge on any atom is 0.226 e. The van der Waals surface area contributed by atoms with E-state index in [1.807, 2.05) is 43.8 Å². The molecule has 0 aliphatic heterocycles. The highest BCUT2D eigenvalue weighted by Crippen LogP contribution is 2.21. The molecule has 2 aromatic rings. The summed E-state index contributed by atoms with van der Waals surface area (Å²) in [5.74, 6) is 0.0185. The van der Waals surface area contributed by atoms with E-state index >= 15 is 0 Å². The van der Waals surface area contributed by atoms with Crippen LogP contribution in [0, 0.1) is 13.8 Å². The summed E-state index contributed by atoms with van der Waals surface area (Å²) in [5.41, 5.74) is 2.15. The van der Waals surface area contributed by atoms with Crippen LogP contribution in [0.2, 0.25) is 0 Å². The summed E-state index contributed by atoms with van der Waals surface area (Å²) in [6.07, 6.45) is 3.22. The lowest BCUT2D eigenvalue weighted by Gasteiger charge is -2.03. The highest BCUT2D eigenvalue weighted by Gasteiger charge is 2.08. The minimum absolute atomic E-state index is 0.0185. The monoisotopic (exact) mass is 263 g/mol. The van der Waals surface area contributed by atoms with Gasteiger partial charge in [0, 0.05) is 30.2 Å². The molecule has 0 bridgehead atoms. The number of aromatic nitrogens is 2. The fourth-order valence-electron chi connectivity index (χ4n) is 1.71. The predicted molar refractivity (Wildman–Crippen MR) is 74.0 cm³/mol. The number of thiazole rings is 1. The molecule has 0 aliphatic rings. The van der Waals surface area contributed by atoms with E-state index in [0.717, 1.165) is 22.7 Å². The number of amides is 1. The molecule has 5 heteroatoms. The van der Waals surface area contributed by atoms with Crippen LogP contribution < -0.4 is 5.32 Å². The Morgan fingerprint density at radius 2 is 2.28 bits per heavy atom. The summed E-state index contributed by atoms with van der Waals surface area (Å²) < 4.78 is 2.03. The summed E-state index contributed by atoms with van der Waals surface area (Å²) in [5, 5.41) is 3.54. The van der Waals surface area contributed by atoms with Crippen LogP contribution in [-0.4, -0.2) is 15.5 Å². The first-order valence-electron chi connectivity index (χ1n) is 5.90. The second-order valence-electron chi connectivity index (χ2n) is 4.32. The number of nitrogens with one attached hydrogen (secondary N) is 1. The van der Waals surface area contributed by atoms with Gasteiger partial charge in [-0.1, -0.05) is 0 Å². The minimum atomic E-state index is 0.0185. The number of hydrogen-bond acceptors (Lipinski definition) is 3. The van der Waals surface area contributed by atoms with Crippen molar-refractivity contribution in [1.82, 2.24) is 9.55 Å². The van der Waals surface area contributed by atoms with Gasteiger partial charge in [-0.15, -0.1) is 11.3 Å². The van der Waals surface area contributed by atoms with Crippen LogP contribution in [0.4, 0.5) is 5.13 Å². The topological polar surface area (TPSA) is 46.9 Å². The molecule has 96 valence electrons. The fraction of sp³-hybridized carbons (Fsp3) is 0.385. The average Bonchev–Trinajstić information content (AvgIpc) is 2.84. The molecule has 1 N–H and O–H groups in total. The Morgan fingerprint density at radius 3 is 2.83 bits per heavy atom. The van der Waals surface area contributed by atoms with Crippen LogP contribution in [0.25, 0.3) is 0 Å². The second kappa shape index (κ2) is 5.35. The Labute approximate surface area is 111 Å². The summed E-state index contributed by atoms with van der Waals surface area (Å²) in [6.45, 7) is 3.96. The number of carbonyl (C=O) groups is 1. The van der Waals surface area contributed by atoms with E-state index in [0.29, 0.717) is 11.6 Å². The van der Waals surface area contributed by atoms with Gasteiger partial charge in [0.05, 0.1) is 5.69 Å². The van der Waals surface area contributed by atoms with Crippen molar-refractivity contribution in [3.05, 3.63) is 34.6 Å². The van der Waals surface area contributed by atoms with Crippen molar-refractivity contribution in [3.63, 3.8) is 0 Å². The SMILES string of the molecule is Cc1nc(NC(=O)CCc2cccn2C)sc1C. The number of carbonyl (C=O) groups excluding carboxylic acids is 1. The lowest BCUT2D eigenvalue weighted by atomic mass is 10.2. The molecule has 0 atom stereocenters. The van der Waals surface area contributed by atoms with Gasteiger partial charge in [0.1, 0.15) is 0 Å². The van der Waals surface area contributed by atoms with Crippen molar-refractivity contribution >= 4 is 22.4 Å². The van der Waals surface area contributed by atoms with E-state index in [1.165, 1.54) is 11.3 Å². The molecule has 0 aliphatic carbocycles. The molecule has 0 aromatic carbocycles. The molecule has 2 aromatic heterocycles. The molecule has 0 saturated heterocycles. The Hall–Kier alpha value is -1.62. The standard InChI is InChI=1S/C13H17N3OS/c1-9-10(2)18-13(14-9)15-12(17)7-6-11-5-4-8-16(11)3/h4-5,8H,6-7H2,1-3H3,(H,14,15,17). The van der Waals surface area contributed by atoms with E-state index in [9.17, 15) is 4.79 Å². The van der Waals surface area contributed by atoms with Crippen molar-refractivity contribution in [2.75, 3.05) is 5.32 Å². The normalized spacial score (nSPS) is 10.6. The highest BCUT2D eigenvalue weighted by atomic mass is 32.1. The summed E-state index contributed by atoms with van der Waals surface area (Å²) >= 11 is 1.52. The zero-order valence-corrected chi connectivity index (χ0v) is 11.7. The van der Waals surface area contributed by atoms with E-state index in [2.05, 4.69) is 10.3 Å². The Kier molecular flexibility index (Phi) is 3.81. The molecule has 0 saturated carbocycles. The van der Waals surface area contributed by atoms with Gasteiger partial charge in [-0.05, 0) is 32.4 Å². The third kappa shape index (κ3) is 2.98. The van der Waals surface area contributed by atoms with Crippen molar-refractivity contribution in [1.29, 1.82) is 0 Å². The van der Waals surface area contributed by atoms with Crippen LogP contribution in [0.3, 0.4) is 0 Å². The van der Waals surface area contributed by atoms with E-state index < -0.39 is 0 Å². The quantitative estimate of drug-likeness (QED) is 0.922. The van der Waals surface area contributed by atoms with Crippen molar-refractivity contribution in [2.45, 2.75) is 26.7 Å². The van der Waals surface area contributed by atoms with Gasteiger partial charge in [0.15, 0.2) is 5.13 Å². The molecule has 0 radical (unpaired) electrons. The zero-order chi connectivity index (χ0) is 13.1. The Morgan fingerprint density at radius 1 is 1.50 bits per heavy atom. The van der Waals surface area contributed by atoms with Crippen LogP contribution >= 0.6 is 11.3 Å². The van der Waals surface area contributed by atoms with Gasteiger partial charge in [0.2, 0.25) is 5.91 Å². The minimum Gasteiger partial charge on any atom is -0.354 e. The maximum atomic E-state index is 11.8. The predicted octanol–water partition coefficient (Wildman–Crippen LogP) is 2.67. The number of anilines is 1. The van der Waals surface area contributed by atoms with Gasteiger partial charge in [-0.2, -0.15) is 0 Å². The first kappa shape index (κ1) is 12.8. The van der Waals surface area contributed by atoms with Crippen LogP contribution in [-0.2, 0) is 18.3 Å². The maximum absolute atomic E-state index is 11.8. The summed E-state index contributed by atoms with van der Waals surface area (Å²) in [6, 6.07) is 4.02. The van der Waals surface area contributed by atoms with Gasteiger partial charge in [-0.3, -0.25) is 4.79 Å². The Balaban J connectivity index is 1.87. The number of rotatable bonds is 4. The van der Waals surface area contributed by atoms with Crippen LogP contribution in [0.5, 0.6) is 0 Å². The molecule has 18 heavy (non-hydrogen) atoms. The summed E-state index contributed by atoms with van der Waals surface area (Å²) in [4.78, 5) is 17.2. The Bertz CT molecular complexity index is 537. The number of nitrogens with zero attached hydrogens (tertiary/aromatic N) is 2. The van der Waals surface area contributed by atoms with E-state index in [4.69, 9.17) is 0 Å². The lowest BCUT2D eigenvalue weighted by Crippen LogP contribution is -2.12. The molecule has 0 fully saturated rings. The molecular formula is C13H17N3OS. The number of hydrogen-bond donors (Lipinski definition) is 1. The molecular weight excluding hydrogens is 246 g/mol. The van der Waals surface area contributed by atoms with E-state index in [-0.39, 0.29) is 5.91 Å². The van der Waals surface area contributed by atoms with Crippen molar-refractivity contribution in [2.24, 2.45) is 7.05 Å².